The van der Waals surface area contributed by atoms with Crippen LogP contribution in [0.15, 0.2) is 18.2 Å². The van der Waals surface area contributed by atoms with Crippen LogP contribution in [-0.2, 0) is 0 Å². The Bertz CT molecular complexity index is 291. The predicted molar refractivity (Wildman–Crippen MR) is 62.3 cm³/mol. The summed E-state index contributed by atoms with van der Waals surface area (Å²) in [5, 5.41) is 2.23. The van der Waals surface area contributed by atoms with Gasteiger partial charge in [-0.05, 0) is 26.8 Å². The van der Waals surface area contributed by atoms with E-state index in [0.717, 1.165) is 18.1 Å². The van der Waals surface area contributed by atoms with Crippen molar-refractivity contribution in [3.05, 3.63) is 23.9 Å². The first-order chi connectivity index (χ1) is 7.26. The fourth-order valence-electron chi connectivity index (χ4n) is 1.71. The van der Waals surface area contributed by atoms with Crippen LogP contribution in [0.25, 0.3) is 0 Å². The molecule has 1 aromatic rings. The highest BCUT2D eigenvalue weighted by Crippen LogP contribution is 1.95. The van der Waals surface area contributed by atoms with Crippen LogP contribution in [0.4, 0.5) is 5.82 Å². The van der Waals surface area contributed by atoms with E-state index >= 15 is 0 Å². The molecule has 0 saturated carbocycles. The lowest BCUT2D eigenvalue weighted by atomic mass is 10.3. The SMILES string of the molecule is CC[NH+](CC)CC[NH2+]c1cccc(C)n1.[Cl-].[Cl-]. The topological polar surface area (TPSA) is 33.9 Å². The summed E-state index contributed by atoms with van der Waals surface area (Å²) in [5.74, 6) is 1.11. The Morgan fingerprint density at radius 1 is 1.18 bits per heavy atom. The molecule has 0 amide bonds. The molecule has 0 aliphatic heterocycles. The lowest BCUT2D eigenvalue weighted by Crippen LogP contribution is -3.13. The van der Waals surface area contributed by atoms with Crippen LogP contribution in [0.2, 0.25) is 0 Å². The number of aromatic nitrogens is 1. The third kappa shape index (κ3) is 7.55. The monoisotopic (exact) mass is 279 g/mol. The predicted octanol–water partition coefficient (Wildman–Crippen LogP) is -6.48. The number of hydrogen-bond donors (Lipinski definition) is 2. The molecule has 5 heteroatoms. The van der Waals surface area contributed by atoms with E-state index in [9.17, 15) is 0 Å². The van der Waals surface area contributed by atoms with Crippen LogP contribution in [0.1, 0.15) is 19.5 Å². The van der Waals surface area contributed by atoms with Gasteiger partial charge in [0.25, 0.3) is 0 Å². The second kappa shape index (κ2) is 10.8. The fraction of sp³-hybridized carbons (Fsp3) is 0.583. The van der Waals surface area contributed by atoms with Crippen LogP contribution in [0.3, 0.4) is 0 Å². The van der Waals surface area contributed by atoms with Gasteiger partial charge in [-0.2, -0.15) is 0 Å². The minimum atomic E-state index is 0. The van der Waals surface area contributed by atoms with E-state index in [4.69, 9.17) is 0 Å². The molecule has 0 spiro atoms. The van der Waals surface area contributed by atoms with Crippen molar-refractivity contribution >= 4 is 5.82 Å². The van der Waals surface area contributed by atoms with E-state index in [1.54, 1.807) is 4.90 Å². The Balaban J connectivity index is 0. The summed E-state index contributed by atoms with van der Waals surface area (Å²) in [7, 11) is 0. The van der Waals surface area contributed by atoms with Crippen molar-refractivity contribution < 1.29 is 35.0 Å². The second-order valence-electron chi connectivity index (χ2n) is 3.90. The highest BCUT2D eigenvalue weighted by molar-refractivity contribution is 5.19. The molecule has 0 atom stereocenters. The van der Waals surface area contributed by atoms with Gasteiger partial charge >= 0.3 is 0 Å². The maximum atomic E-state index is 4.46. The van der Waals surface area contributed by atoms with Gasteiger partial charge in [0, 0.05) is 11.8 Å². The van der Waals surface area contributed by atoms with Gasteiger partial charge in [0.05, 0.1) is 13.1 Å². The number of nitrogens with one attached hydrogen (secondary N) is 1. The largest absolute Gasteiger partial charge is 1.00 e. The molecule has 1 heterocycles. The molecular formula is C12H23Cl2N3. The maximum absolute atomic E-state index is 4.46. The number of aryl methyl sites for hydroxylation is 1. The highest BCUT2D eigenvalue weighted by atomic mass is 35.5. The van der Waals surface area contributed by atoms with E-state index in [1.165, 1.54) is 19.6 Å². The van der Waals surface area contributed by atoms with Crippen molar-refractivity contribution in [2.24, 2.45) is 0 Å². The van der Waals surface area contributed by atoms with Crippen molar-refractivity contribution in [3.8, 4) is 0 Å². The van der Waals surface area contributed by atoms with Crippen LogP contribution in [0.5, 0.6) is 0 Å². The van der Waals surface area contributed by atoms with E-state index in [0.29, 0.717) is 0 Å². The molecule has 17 heavy (non-hydrogen) atoms. The fourth-order valence-corrected chi connectivity index (χ4v) is 1.71. The Morgan fingerprint density at radius 2 is 1.82 bits per heavy atom. The zero-order chi connectivity index (χ0) is 11.1. The minimum Gasteiger partial charge on any atom is -1.00 e. The Labute approximate surface area is 117 Å². The van der Waals surface area contributed by atoms with Gasteiger partial charge in [0.1, 0.15) is 13.1 Å². The number of likely N-dealkylation sites (N-methyl/N-ethyl adjacent to an activating group) is 1. The molecule has 3 nitrogen and oxygen atoms in total. The molecule has 1 aromatic heterocycles. The zero-order valence-electron chi connectivity index (χ0n) is 10.8. The number of pyridine rings is 1. The van der Waals surface area contributed by atoms with Crippen LogP contribution < -0.4 is 35.0 Å². The normalized spacial score (nSPS) is 9.65. The average Bonchev–Trinajstić information content (AvgIpc) is 2.25. The first-order valence-electron chi connectivity index (χ1n) is 5.86. The first kappa shape index (κ1) is 19.0. The molecule has 0 radical (unpaired) electrons. The summed E-state index contributed by atoms with van der Waals surface area (Å²) in [4.78, 5) is 6.11. The van der Waals surface area contributed by atoms with E-state index in [2.05, 4.69) is 36.3 Å². The van der Waals surface area contributed by atoms with Crippen LogP contribution in [0, 0.1) is 6.92 Å². The van der Waals surface area contributed by atoms with Crippen LogP contribution in [-0.4, -0.2) is 31.2 Å². The molecule has 3 N–H and O–H groups in total. The van der Waals surface area contributed by atoms with Gasteiger partial charge in [-0.25, -0.2) is 4.98 Å². The summed E-state index contributed by atoms with van der Waals surface area (Å²) in [6.07, 6.45) is 0. The van der Waals surface area contributed by atoms with Crippen molar-refractivity contribution in [1.82, 2.24) is 4.98 Å². The molecular weight excluding hydrogens is 257 g/mol. The average molecular weight is 280 g/mol. The maximum Gasteiger partial charge on any atom is 0.224 e. The van der Waals surface area contributed by atoms with Gasteiger partial charge in [-0.3, -0.25) is 5.32 Å². The Morgan fingerprint density at radius 3 is 2.35 bits per heavy atom. The number of rotatable bonds is 6. The third-order valence-electron chi connectivity index (χ3n) is 2.76. The van der Waals surface area contributed by atoms with E-state index in [1.807, 2.05) is 13.0 Å². The quantitative estimate of drug-likeness (QED) is 0.534. The molecule has 0 saturated heterocycles. The number of nitrogens with two attached hydrogens (primary N) is 1. The van der Waals surface area contributed by atoms with Crippen molar-refractivity contribution in [1.29, 1.82) is 0 Å². The van der Waals surface area contributed by atoms with Crippen LogP contribution >= 0.6 is 0 Å². The Hall–Kier alpha value is -0.350. The minimum absolute atomic E-state index is 0. The number of nitrogens with zero attached hydrogens (tertiary/aromatic N) is 1. The van der Waals surface area contributed by atoms with E-state index < -0.39 is 0 Å². The van der Waals surface area contributed by atoms with Gasteiger partial charge < -0.3 is 29.7 Å². The summed E-state index contributed by atoms with van der Waals surface area (Å²) in [5.41, 5.74) is 1.10. The smallest absolute Gasteiger partial charge is 0.224 e. The van der Waals surface area contributed by atoms with Gasteiger partial charge in [-0.15, -0.1) is 0 Å². The first-order valence-corrected chi connectivity index (χ1v) is 5.86. The van der Waals surface area contributed by atoms with Gasteiger partial charge in [0.15, 0.2) is 0 Å². The molecule has 100 valence electrons. The third-order valence-corrected chi connectivity index (χ3v) is 2.76. The molecule has 0 unspecified atom stereocenters. The van der Waals surface area contributed by atoms with Gasteiger partial charge in [0.2, 0.25) is 5.82 Å². The Kier molecular flexibility index (Phi) is 12.1. The molecule has 0 bridgehead atoms. The highest BCUT2D eigenvalue weighted by Gasteiger charge is 2.04. The molecule has 0 aromatic carbocycles. The molecule has 1 rings (SSSR count). The lowest BCUT2D eigenvalue weighted by Gasteiger charge is -2.13. The molecule has 0 aliphatic carbocycles. The summed E-state index contributed by atoms with van der Waals surface area (Å²) in [6.45, 7) is 11.3. The van der Waals surface area contributed by atoms with Crippen molar-refractivity contribution in [3.63, 3.8) is 0 Å². The number of quaternary nitrogens is 2. The lowest BCUT2D eigenvalue weighted by molar-refractivity contribution is -0.906. The van der Waals surface area contributed by atoms with E-state index in [-0.39, 0.29) is 24.8 Å². The van der Waals surface area contributed by atoms with Crippen molar-refractivity contribution in [2.75, 3.05) is 26.2 Å². The summed E-state index contributed by atoms with van der Waals surface area (Å²) < 4.78 is 0. The molecule has 0 fully saturated rings. The van der Waals surface area contributed by atoms with Crippen molar-refractivity contribution in [2.45, 2.75) is 20.8 Å². The second-order valence-corrected chi connectivity index (χ2v) is 3.90. The standard InChI is InChI=1S/C12H21N3.2ClH/c1-4-15(5-2)10-9-13-12-8-6-7-11(3)14-12;;/h6-8H,4-5,9-10H2,1-3H3,(H,13,14);2*1H. The number of hydrogen-bond acceptors (Lipinski definition) is 1. The van der Waals surface area contributed by atoms with Gasteiger partial charge in [-0.1, -0.05) is 6.07 Å². The number of halogens is 2. The zero-order valence-corrected chi connectivity index (χ0v) is 12.4. The summed E-state index contributed by atoms with van der Waals surface area (Å²) >= 11 is 0. The molecule has 0 aliphatic rings. The summed E-state index contributed by atoms with van der Waals surface area (Å²) in [6, 6.07) is 6.18.